The van der Waals surface area contributed by atoms with E-state index in [1.165, 1.54) is 4.90 Å². The second-order valence-corrected chi connectivity index (χ2v) is 7.24. The fraction of sp³-hybridized carbons (Fsp3) is 0.174. The van der Waals surface area contributed by atoms with Gasteiger partial charge in [-0.05, 0) is 42.0 Å². The Kier molecular flexibility index (Phi) is 5.07. The number of nitrogens with zero attached hydrogens (tertiary/aromatic N) is 3. The average molecular weight is 406 g/mol. The molecule has 0 saturated carbocycles. The molecule has 1 atom stereocenters. The van der Waals surface area contributed by atoms with Crippen LogP contribution in [0.2, 0.25) is 0 Å². The van der Waals surface area contributed by atoms with E-state index in [1.54, 1.807) is 23.7 Å². The van der Waals surface area contributed by atoms with Gasteiger partial charge in [-0.3, -0.25) is 14.2 Å². The van der Waals surface area contributed by atoms with Gasteiger partial charge in [0.1, 0.15) is 11.7 Å². The Bertz CT molecular complexity index is 1280. The average Bonchev–Trinajstić information content (AvgIpc) is 2.77. The Morgan fingerprint density at radius 3 is 2.52 bits per heavy atom. The topological polar surface area (TPSA) is 55.2 Å². The van der Waals surface area contributed by atoms with E-state index in [2.05, 4.69) is 0 Å². The van der Waals surface area contributed by atoms with Gasteiger partial charge >= 0.3 is 0 Å². The van der Waals surface area contributed by atoms with Crippen LogP contribution >= 0.6 is 11.6 Å². The molecule has 1 heterocycles. The lowest BCUT2D eigenvalue weighted by Gasteiger charge is -2.26. The van der Waals surface area contributed by atoms with Gasteiger partial charge in [0.25, 0.3) is 5.56 Å². The summed E-state index contributed by atoms with van der Waals surface area (Å²) in [7, 11) is 1.67. The second kappa shape index (κ2) is 7.68. The number of para-hydroxylation sites is 1. The Morgan fingerprint density at radius 2 is 1.76 bits per heavy atom. The van der Waals surface area contributed by atoms with E-state index < -0.39 is 6.04 Å². The van der Waals surface area contributed by atoms with E-state index in [1.807, 2.05) is 61.5 Å². The molecule has 0 N–H and O–H groups in total. The zero-order chi connectivity index (χ0) is 20.5. The number of amides is 1. The van der Waals surface area contributed by atoms with Gasteiger partial charge in [0.15, 0.2) is 0 Å². The number of fused-ring (bicyclic) bond motifs is 2. The molecule has 0 saturated heterocycles. The van der Waals surface area contributed by atoms with Gasteiger partial charge in [-0.15, -0.1) is 11.6 Å². The summed E-state index contributed by atoms with van der Waals surface area (Å²) in [6, 6.07) is 20.6. The Hall–Kier alpha value is -3.18. The molecule has 0 radical (unpaired) electrons. The van der Waals surface area contributed by atoms with Crippen molar-refractivity contribution in [2.75, 3.05) is 12.9 Å². The second-order valence-electron chi connectivity index (χ2n) is 6.97. The highest BCUT2D eigenvalue weighted by atomic mass is 35.5. The standard InChI is InChI=1S/C23H20ClN3O2/c1-15(26(2)21(28)14-24)22-25-20-10-6-5-9-19(20)23(29)27(22)18-12-11-16-7-3-4-8-17(16)13-18/h3-13,15H,14H2,1-2H3. The van der Waals surface area contributed by atoms with E-state index in [4.69, 9.17) is 16.6 Å². The minimum atomic E-state index is -0.440. The van der Waals surface area contributed by atoms with Crippen molar-refractivity contribution in [3.8, 4) is 5.69 Å². The third kappa shape index (κ3) is 3.38. The third-order valence-corrected chi connectivity index (χ3v) is 5.48. The summed E-state index contributed by atoms with van der Waals surface area (Å²) in [5.41, 5.74) is 1.14. The highest BCUT2D eigenvalue weighted by Gasteiger charge is 2.23. The van der Waals surface area contributed by atoms with E-state index in [-0.39, 0.29) is 17.3 Å². The number of hydrogen-bond donors (Lipinski definition) is 0. The summed E-state index contributed by atoms with van der Waals surface area (Å²) in [4.78, 5) is 31.9. The number of carbonyl (C=O) groups is 1. The fourth-order valence-corrected chi connectivity index (χ4v) is 3.67. The van der Waals surface area contributed by atoms with Gasteiger partial charge < -0.3 is 4.90 Å². The van der Waals surface area contributed by atoms with Crippen LogP contribution in [0.3, 0.4) is 0 Å². The molecule has 0 aliphatic rings. The quantitative estimate of drug-likeness (QED) is 0.476. The van der Waals surface area contributed by atoms with Crippen molar-refractivity contribution in [2.24, 2.45) is 0 Å². The summed E-state index contributed by atoms with van der Waals surface area (Å²) in [5.74, 6) is 0.130. The first-order valence-corrected chi connectivity index (χ1v) is 9.87. The minimum absolute atomic E-state index is 0.130. The lowest BCUT2D eigenvalue weighted by Crippen LogP contribution is -2.35. The summed E-state index contributed by atoms with van der Waals surface area (Å²) >= 11 is 5.75. The fourth-order valence-electron chi connectivity index (χ4n) is 3.48. The molecule has 1 aromatic heterocycles. The van der Waals surface area contributed by atoms with Crippen molar-refractivity contribution in [2.45, 2.75) is 13.0 Å². The molecule has 0 aliphatic carbocycles. The van der Waals surface area contributed by atoms with Crippen LogP contribution in [0.25, 0.3) is 27.4 Å². The van der Waals surface area contributed by atoms with Gasteiger partial charge in [-0.2, -0.15) is 0 Å². The van der Waals surface area contributed by atoms with Crippen LogP contribution in [0.4, 0.5) is 0 Å². The van der Waals surface area contributed by atoms with Crippen LogP contribution in [0.5, 0.6) is 0 Å². The molecule has 0 aliphatic heterocycles. The number of alkyl halides is 1. The van der Waals surface area contributed by atoms with Crippen molar-refractivity contribution in [1.29, 1.82) is 0 Å². The maximum absolute atomic E-state index is 13.4. The number of aromatic nitrogens is 2. The largest absolute Gasteiger partial charge is 0.335 e. The number of rotatable bonds is 4. The normalized spacial score (nSPS) is 12.2. The van der Waals surface area contributed by atoms with Crippen LogP contribution in [0, 0.1) is 0 Å². The maximum atomic E-state index is 13.4. The first kappa shape index (κ1) is 19.2. The molecule has 6 heteroatoms. The first-order chi connectivity index (χ1) is 14.0. The monoisotopic (exact) mass is 405 g/mol. The molecular weight excluding hydrogens is 386 g/mol. The van der Waals surface area contributed by atoms with Gasteiger partial charge in [-0.1, -0.05) is 42.5 Å². The van der Waals surface area contributed by atoms with Gasteiger partial charge in [0, 0.05) is 7.05 Å². The highest BCUT2D eigenvalue weighted by Crippen LogP contribution is 2.24. The number of hydrogen-bond acceptors (Lipinski definition) is 3. The molecular formula is C23H20ClN3O2. The lowest BCUT2D eigenvalue weighted by atomic mass is 10.1. The van der Waals surface area contributed by atoms with Crippen molar-refractivity contribution >= 4 is 39.2 Å². The summed E-state index contributed by atoms with van der Waals surface area (Å²) < 4.78 is 1.59. The minimum Gasteiger partial charge on any atom is -0.335 e. The molecule has 4 rings (SSSR count). The Morgan fingerprint density at radius 1 is 1.07 bits per heavy atom. The maximum Gasteiger partial charge on any atom is 0.266 e. The van der Waals surface area contributed by atoms with Crippen LogP contribution in [0.15, 0.2) is 71.5 Å². The molecule has 146 valence electrons. The van der Waals surface area contributed by atoms with E-state index >= 15 is 0 Å². The highest BCUT2D eigenvalue weighted by molar-refractivity contribution is 6.27. The number of halogens is 1. The molecule has 1 unspecified atom stereocenters. The predicted octanol–water partition coefficient (Wildman–Crippen LogP) is 4.30. The van der Waals surface area contributed by atoms with Crippen LogP contribution in [0.1, 0.15) is 18.8 Å². The molecule has 0 fully saturated rings. The molecule has 0 spiro atoms. The third-order valence-electron chi connectivity index (χ3n) is 5.26. The molecule has 5 nitrogen and oxygen atoms in total. The van der Waals surface area contributed by atoms with Crippen LogP contribution in [-0.4, -0.2) is 33.3 Å². The molecule has 0 bridgehead atoms. The predicted molar refractivity (Wildman–Crippen MR) is 117 cm³/mol. The van der Waals surface area contributed by atoms with E-state index in [9.17, 15) is 9.59 Å². The molecule has 1 amide bonds. The SMILES string of the molecule is CC(c1nc2ccccc2c(=O)n1-c1ccc2ccccc2c1)N(C)C(=O)CCl. The zero-order valence-electron chi connectivity index (χ0n) is 16.2. The van der Waals surface area contributed by atoms with Crippen molar-refractivity contribution in [1.82, 2.24) is 14.5 Å². The van der Waals surface area contributed by atoms with Crippen LogP contribution < -0.4 is 5.56 Å². The lowest BCUT2D eigenvalue weighted by molar-refractivity contribution is -0.129. The van der Waals surface area contributed by atoms with E-state index in [0.29, 0.717) is 22.4 Å². The summed E-state index contributed by atoms with van der Waals surface area (Å²) in [5, 5.41) is 2.64. The number of carbonyl (C=O) groups excluding carboxylic acids is 1. The van der Waals surface area contributed by atoms with Gasteiger partial charge in [0.05, 0.1) is 22.6 Å². The Balaban J connectivity index is 2.01. The van der Waals surface area contributed by atoms with E-state index in [0.717, 1.165) is 10.8 Å². The summed E-state index contributed by atoms with van der Waals surface area (Å²) in [6.07, 6.45) is 0. The van der Waals surface area contributed by atoms with Crippen molar-refractivity contribution in [3.63, 3.8) is 0 Å². The van der Waals surface area contributed by atoms with Gasteiger partial charge in [-0.25, -0.2) is 4.98 Å². The Labute approximate surface area is 173 Å². The van der Waals surface area contributed by atoms with Gasteiger partial charge in [0.2, 0.25) is 5.91 Å². The van der Waals surface area contributed by atoms with Crippen LogP contribution in [-0.2, 0) is 4.79 Å². The first-order valence-electron chi connectivity index (χ1n) is 9.33. The number of benzene rings is 3. The molecule has 3 aromatic carbocycles. The van der Waals surface area contributed by atoms with Crippen molar-refractivity contribution < 1.29 is 4.79 Å². The summed E-state index contributed by atoms with van der Waals surface area (Å²) in [6.45, 7) is 1.85. The molecule has 4 aromatic rings. The van der Waals surface area contributed by atoms with Crippen molar-refractivity contribution in [3.05, 3.63) is 82.9 Å². The molecule has 29 heavy (non-hydrogen) atoms. The zero-order valence-corrected chi connectivity index (χ0v) is 16.9. The smallest absolute Gasteiger partial charge is 0.266 e.